The van der Waals surface area contributed by atoms with Crippen LogP contribution >= 0.6 is 11.6 Å². The molecule has 1 aliphatic carbocycles. The first-order chi connectivity index (χ1) is 17.0. The van der Waals surface area contributed by atoms with Gasteiger partial charge >= 0.3 is 6.03 Å². The summed E-state index contributed by atoms with van der Waals surface area (Å²) in [5.74, 6) is 0.991. The fraction of sp³-hybridized carbons (Fsp3) is 0.536. The summed E-state index contributed by atoms with van der Waals surface area (Å²) in [6.07, 6.45) is 8.85. The number of nitrogens with zero attached hydrogens (tertiary/aromatic N) is 3. The summed E-state index contributed by atoms with van der Waals surface area (Å²) in [5, 5.41) is 3.54. The molecular weight excluding hydrogens is 460 g/mol. The summed E-state index contributed by atoms with van der Waals surface area (Å²) < 4.78 is 0. The van der Waals surface area contributed by atoms with E-state index in [-0.39, 0.29) is 17.9 Å². The number of aromatic nitrogens is 1. The van der Waals surface area contributed by atoms with Crippen molar-refractivity contribution in [3.8, 4) is 0 Å². The standard InChI is InChI=1S/C28H35ClN4O2/c1-19-11-12-24(27(34)33-15-5-7-20-6-2-3-10-25(20)33)26(30-19)21-13-16-32(17-14-21)28(35)31-23-9-4-8-22(29)18-23/h4,8-9,11-12,18,20-21,25H,2-3,5-7,10,13-17H2,1H3,(H,31,35)/t20-,25+/m0/s1. The van der Waals surface area contributed by atoms with Crippen molar-refractivity contribution >= 4 is 29.2 Å². The number of hydrogen-bond donors (Lipinski definition) is 1. The second-order valence-electron chi connectivity index (χ2n) is 10.3. The number of rotatable bonds is 3. The molecule has 1 aromatic carbocycles. The summed E-state index contributed by atoms with van der Waals surface area (Å²) >= 11 is 6.05. The lowest BCUT2D eigenvalue weighted by Crippen LogP contribution is -2.50. The minimum absolute atomic E-state index is 0.115. The van der Waals surface area contributed by atoms with E-state index < -0.39 is 0 Å². The molecule has 3 heterocycles. The number of pyridine rings is 1. The quantitative estimate of drug-likeness (QED) is 0.548. The SMILES string of the molecule is Cc1ccc(C(=O)N2CCC[C@@H]3CCCC[C@H]32)c(C2CCN(C(=O)Nc3cccc(Cl)c3)CC2)n1. The van der Waals surface area contributed by atoms with Gasteiger partial charge in [0, 0.05) is 48.0 Å². The Kier molecular flexibility index (Phi) is 7.28. The van der Waals surface area contributed by atoms with Gasteiger partial charge in [0.05, 0.1) is 11.3 Å². The number of halogens is 1. The van der Waals surface area contributed by atoms with Crippen molar-refractivity contribution in [3.05, 3.63) is 58.4 Å². The lowest BCUT2D eigenvalue weighted by atomic mass is 9.78. The number of urea groups is 1. The molecule has 186 valence electrons. The van der Waals surface area contributed by atoms with E-state index in [4.69, 9.17) is 16.6 Å². The van der Waals surface area contributed by atoms with Crippen LogP contribution in [0.25, 0.3) is 0 Å². The number of aryl methyl sites for hydroxylation is 1. The number of anilines is 1. The summed E-state index contributed by atoms with van der Waals surface area (Å²) in [6.45, 7) is 4.11. The van der Waals surface area contributed by atoms with Crippen LogP contribution in [0.2, 0.25) is 5.02 Å². The van der Waals surface area contributed by atoms with Gasteiger partial charge in [-0.25, -0.2) is 4.79 Å². The van der Waals surface area contributed by atoms with E-state index in [2.05, 4.69) is 10.2 Å². The Hall–Kier alpha value is -2.60. The lowest BCUT2D eigenvalue weighted by Gasteiger charge is -2.44. The second-order valence-corrected chi connectivity index (χ2v) is 10.8. The van der Waals surface area contributed by atoms with Crippen LogP contribution in [0, 0.1) is 12.8 Å². The number of piperidine rings is 2. The zero-order chi connectivity index (χ0) is 24.4. The topological polar surface area (TPSA) is 65.5 Å². The molecule has 3 aliphatic rings. The first-order valence-electron chi connectivity index (χ1n) is 13.1. The fourth-order valence-corrected chi connectivity index (χ4v) is 6.42. The van der Waals surface area contributed by atoms with Crippen LogP contribution in [0.3, 0.4) is 0 Å². The predicted molar refractivity (Wildman–Crippen MR) is 139 cm³/mol. The molecular formula is C28H35ClN4O2. The van der Waals surface area contributed by atoms with Gasteiger partial charge in [0.25, 0.3) is 5.91 Å². The monoisotopic (exact) mass is 494 g/mol. The summed E-state index contributed by atoms with van der Waals surface area (Å²) in [4.78, 5) is 35.5. The van der Waals surface area contributed by atoms with E-state index in [1.165, 1.54) is 25.7 Å². The van der Waals surface area contributed by atoms with Gasteiger partial charge in [0.2, 0.25) is 0 Å². The molecule has 2 saturated heterocycles. The molecule has 1 N–H and O–H groups in total. The number of carbonyl (C=O) groups excluding carboxylic acids is 2. The van der Waals surface area contributed by atoms with Crippen LogP contribution in [0.4, 0.5) is 10.5 Å². The Bertz CT molecular complexity index is 1080. The van der Waals surface area contributed by atoms with Crippen molar-refractivity contribution in [2.75, 3.05) is 25.0 Å². The van der Waals surface area contributed by atoms with Crippen molar-refractivity contribution in [1.29, 1.82) is 0 Å². The maximum atomic E-state index is 13.8. The van der Waals surface area contributed by atoms with Crippen LogP contribution < -0.4 is 5.32 Å². The second kappa shape index (κ2) is 10.6. The highest BCUT2D eigenvalue weighted by Crippen LogP contribution is 2.37. The first kappa shape index (κ1) is 24.1. The summed E-state index contributed by atoms with van der Waals surface area (Å²) in [7, 11) is 0. The smallest absolute Gasteiger partial charge is 0.321 e. The molecule has 2 atom stereocenters. The first-order valence-corrected chi connectivity index (χ1v) is 13.5. The van der Waals surface area contributed by atoms with Crippen molar-refractivity contribution in [1.82, 2.24) is 14.8 Å². The number of benzene rings is 1. The maximum Gasteiger partial charge on any atom is 0.321 e. The number of hydrogen-bond acceptors (Lipinski definition) is 3. The van der Waals surface area contributed by atoms with E-state index in [9.17, 15) is 9.59 Å². The zero-order valence-corrected chi connectivity index (χ0v) is 21.3. The number of amides is 3. The molecule has 3 fully saturated rings. The molecule has 3 amide bonds. The number of fused-ring (bicyclic) bond motifs is 1. The van der Waals surface area contributed by atoms with E-state index >= 15 is 0 Å². The number of nitrogens with one attached hydrogen (secondary N) is 1. The average molecular weight is 495 g/mol. The van der Waals surface area contributed by atoms with E-state index in [0.29, 0.717) is 35.8 Å². The molecule has 2 aromatic rings. The molecule has 6 nitrogen and oxygen atoms in total. The molecule has 2 aliphatic heterocycles. The van der Waals surface area contributed by atoms with Gasteiger partial charge in [-0.15, -0.1) is 0 Å². The van der Waals surface area contributed by atoms with Gasteiger partial charge in [-0.05, 0) is 81.7 Å². The molecule has 35 heavy (non-hydrogen) atoms. The molecule has 0 radical (unpaired) electrons. The Morgan fingerprint density at radius 2 is 1.74 bits per heavy atom. The third-order valence-electron chi connectivity index (χ3n) is 8.04. The van der Waals surface area contributed by atoms with Gasteiger partial charge in [-0.2, -0.15) is 0 Å². The van der Waals surface area contributed by atoms with Crippen LogP contribution in [-0.2, 0) is 0 Å². The minimum Gasteiger partial charge on any atom is -0.335 e. The van der Waals surface area contributed by atoms with E-state index in [0.717, 1.165) is 49.2 Å². The van der Waals surface area contributed by atoms with Gasteiger partial charge in [0.15, 0.2) is 0 Å². The average Bonchev–Trinajstić information content (AvgIpc) is 2.88. The molecule has 0 unspecified atom stereocenters. The highest BCUT2D eigenvalue weighted by atomic mass is 35.5. The Morgan fingerprint density at radius 3 is 2.54 bits per heavy atom. The van der Waals surface area contributed by atoms with Crippen molar-refractivity contribution < 1.29 is 9.59 Å². The molecule has 0 bridgehead atoms. The van der Waals surface area contributed by atoms with Crippen molar-refractivity contribution in [3.63, 3.8) is 0 Å². The fourth-order valence-electron chi connectivity index (χ4n) is 6.23. The maximum absolute atomic E-state index is 13.8. The third kappa shape index (κ3) is 5.32. The van der Waals surface area contributed by atoms with Crippen molar-refractivity contribution in [2.45, 2.75) is 70.3 Å². The van der Waals surface area contributed by atoms with E-state index in [1.54, 1.807) is 12.1 Å². The number of carbonyl (C=O) groups is 2. The Balaban J connectivity index is 1.28. The highest BCUT2D eigenvalue weighted by Gasteiger charge is 2.37. The van der Waals surface area contributed by atoms with E-state index in [1.807, 2.05) is 36.1 Å². The Labute approximate surface area is 213 Å². The molecule has 0 spiro atoms. The van der Waals surface area contributed by atoms with Gasteiger partial charge in [-0.1, -0.05) is 30.5 Å². The third-order valence-corrected chi connectivity index (χ3v) is 8.28. The zero-order valence-electron chi connectivity index (χ0n) is 20.5. The Morgan fingerprint density at radius 1 is 0.971 bits per heavy atom. The molecule has 7 heteroatoms. The molecule has 5 rings (SSSR count). The van der Waals surface area contributed by atoms with Gasteiger partial charge in [-0.3, -0.25) is 9.78 Å². The van der Waals surface area contributed by atoms with Gasteiger partial charge in [0.1, 0.15) is 0 Å². The minimum atomic E-state index is -0.115. The van der Waals surface area contributed by atoms with Crippen LogP contribution in [0.1, 0.15) is 79.0 Å². The lowest BCUT2D eigenvalue weighted by molar-refractivity contribution is 0.0388. The number of likely N-dealkylation sites (tertiary alicyclic amines) is 2. The van der Waals surface area contributed by atoms with Gasteiger partial charge < -0.3 is 15.1 Å². The van der Waals surface area contributed by atoms with Crippen molar-refractivity contribution in [2.24, 2.45) is 5.92 Å². The largest absolute Gasteiger partial charge is 0.335 e. The summed E-state index contributed by atoms with van der Waals surface area (Å²) in [6, 6.07) is 11.4. The molecule has 1 saturated carbocycles. The van der Waals surface area contributed by atoms with Crippen LogP contribution in [-0.4, -0.2) is 52.4 Å². The summed E-state index contributed by atoms with van der Waals surface area (Å²) in [5.41, 5.74) is 3.32. The van der Waals surface area contributed by atoms with Crippen LogP contribution in [0.15, 0.2) is 36.4 Å². The predicted octanol–water partition coefficient (Wildman–Crippen LogP) is 6.25. The normalized spacial score (nSPS) is 23.0. The molecule has 1 aromatic heterocycles. The highest BCUT2D eigenvalue weighted by molar-refractivity contribution is 6.30. The van der Waals surface area contributed by atoms with Crippen LogP contribution in [0.5, 0.6) is 0 Å².